The predicted octanol–water partition coefficient (Wildman–Crippen LogP) is 2.75. The van der Waals surface area contributed by atoms with Gasteiger partial charge in [-0.25, -0.2) is 0 Å². The number of nitrogens with two attached hydrogens (primary N) is 3. The van der Waals surface area contributed by atoms with Crippen molar-refractivity contribution in [3.63, 3.8) is 0 Å². The van der Waals surface area contributed by atoms with E-state index in [0.29, 0.717) is 51.5 Å². The molecule has 40 heavy (non-hydrogen) atoms. The number of unbranched alkanes of at least 4 members (excludes halogenated alkanes) is 2. The summed E-state index contributed by atoms with van der Waals surface area (Å²) >= 11 is 0. The summed E-state index contributed by atoms with van der Waals surface area (Å²) in [4.78, 5) is 51.6. The van der Waals surface area contributed by atoms with Gasteiger partial charge in [-0.15, -0.1) is 0 Å². The van der Waals surface area contributed by atoms with E-state index < -0.39 is 29.8 Å². The Kier molecular flexibility index (Phi) is 15.3. The van der Waals surface area contributed by atoms with E-state index in [1.165, 1.54) is 6.92 Å². The molecule has 1 aromatic rings. The third-order valence-electron chi connectivity index (χ3n) is 7.43. The Morgan fingerprint density at radius 2 is 1.57 bits per heavy atom. The molecule has 1 aromatic carbocycles. The quantitative estimate of drug-likeness (QED) is 0.0794. The lowest BCUT2D eigenvalue weighted by Crippen LogP contribution is -2.46. The van der Waals surface area contributed by atoms with Gasteiger partial charge in [-0.1, -0.05) is 13.3 Å². The molecule has 1 amide bonds. The van der Waals surface area contributed by atoms with Crippen molar-refractivity contribution in [1.82, 2.24) is 5.32 Å². The van der Waals surface area contributed by atoms with Gasteiger partial charge in [0.05, 0.1) is 17.9 Å². The number of benzene rings is 1. The lowest BCUT2D eigenvalue weighted by molar-refractivity contribution is -0.133. The summed E-state index contributed by atoms with van der Waals surface area (Å²) in [5, 5.41) is 20.2. The van der Waals surface area contributed by atoms with Crippen molar-refractivity contribution in [3.05, 3.63) is 28.8 Å². The van der Waals surface area contributed by atoms with Gasteiger partial charge in [0, 0.05) is 31.1 Å². The number of phenols is 1. The average molecular weight is 560 g/mol. The van der Waals surface area contributed by atoms with Crippen molar-refractivity contribution < 1.29 is 24.3 Å². The van der Waals surface area contributed by atoms with Gasteiger partial charge in [0.15, 0.2) is 5.78 Å². The van der Waals surface area contributed by atoms with Gasteiger partial charge in [0.25, 0.3) is 0 Å². The number of amidine groups is 1. The van der Waals surface area contributed by atoms with Crippen LogP contribution >= 0.6 is 0 Å². The molecular formula is C30H49N5O5. The minimum absolute atomic E-state index is 0.0216. The number of hydrogen-bond donors (Lipinski definition) is 6. The number of phenolic OH excluding ortho intramolecular Hbond substituents is 1. The maximum atomic E-state index is 13.7. The first-order valence-electron chi connectivity index (χ1n) is 14.2. The van der Waals surface area contributed by atoms with Crippen LogP contribution in [0.25, 0.3) is 0 Å². The highest BCUT2D eigenvalue weighted by molar-refractivity contribution is 5.94. The first-order valence-corrected chi connectivity index (χ1v) is 14.2. The Morgan fingerprint density at radius 1 is 0.975 bits per heavy atom. The number of nitrogens with one attached hydrogen (secondary N) is 2. The normalized spacial score (nSPS) is 14.2. The summed E-state index contributed by atoms with van der Waals surface area (Å²) in [7, 11) is 0. The number of amides is 1. The molecule has 10 heteroatoms. The molecule has 0 bridgehead atoms. The lowest BCUT2D eigenvalue weighted by atomic mass is 9.86. The summed E-state index contributed by atoms with van der Waals surface area (Å²) in [6.45, 7) is 7.26. The zero-order valence-electron chi connectivity index (χ0n) is 24.6. The molecule has 0 unspecified atom stereocenters. The van der Waals surface area contributed by atoms with Crippen molar-refractivity contribution in [3.8, 4) is 5.75 Å². The van der Waals surface area contributed by atoms with Crippen LogP contribution < -0.4 is 22.5 Å². The molecular weight excluding hydrogens is 510 g/mol. The number of ketones is 3. The molecule has 0 aliphatic carbocycles. The molecule has 4 atom stereocenters. The van der Waals surface area contributed by atoms with Crippen LogP contribution in [0.1, 0.15) is 88.3 Å². The molecule has 10 nitrogen and oxygen atoms in total. The van der Waals surface area contributed by atoms with Gasteiger partial charge < -0.3 is 27.6 Å². The van der Waals surface area contributed by atoms with E-state index >= 15 is 0 Å². The van der Waals surface area contributed by atoms with Crippen LogP contribution in [-0.2, 0) is 25.6 Å². The Bertz CT molecular complexity index is 1020. The largest absolute Gasteiger partial charge is 0.508 e. The van der Waals surface area contributed by atoms with E-state index in [-0.39, 0.29) is 48.2 Å². The standard InChI is InChI=1S/C30H49N5O5/c1-18(21(4)36)15-28(39)26(10-7-8-12-31)35-30(40)22(16-24-19(2)13-23(37)14-20(24)3)17-27(38)25(32)9-5-6-11-29(33)34/h13-14,18,22,25-26,37H,5-12,15-17,31-32H2,1-4H3,(H3,33,34)(H,35,40)/t18-,22-,25-,26+/m1/s1. The van der Waals surface area contributed by atoms with Gasteiger partial charge in [0.2, 0.25) is 5.91 Å². The molecule has 0 aliphatic rings. The summed E-state index contributed by atoms with van der Waals surface area (Å²) in [5.74, 6) is -2.04. The fourth-order valence-corrected chi connectivity index (χ4v) is 4.72. The number of carbonyl (C=O) groups excluding carboxylic acids is 4. The van der Waals surface area contributed by atoms with E-state index in [9.17, 15) is 24.3 Å². The van der Waals surface area contributed by atoms with Crippen LogP contribution in [-0.4, -0.2) is 52.8 Å². The van der Waals surface area contributed by atoms with Crippen LogP contribution in [0.2, 0.25) is 0 Å². The number of aryl methyl sites for hydroxylation is 2. The fraction of sp³-hybridized carbons (Fsp3) is 0.633. The van der Waals surface area contributed by atoms with E-state index in [2.05, 4.69) is 5.32 Å². The number of Topliss-reactive ketones (excluding diaryl/α,β-unsaturated/α-hetero) is 3. The number of carbonyl (C=O) groups is 4. The van der Waals surface area contributed by atoms with Crippen molar-refractivity contribution in [1.29, 1.82) is 5.41 Å². The molecule has 0 aromatic heterocycles. The maximum Gasteiger partial charge on any atom is 0.224 e. The minimum atomic E-state index is -0.791. The topological polar surface area (TPSA) is 202 Å². The zero-order chi connectivity index (χ0) is 30.4. The summed E-state index contributed by atoms with van der Waals surface area (Å²) in [5.41, 5.74) is 19.6. The zero-order valence-corrected chi connectivity index (χ0v) is 24.6. The van der Waals surface area contributed by atoms with Gasteiger partial charge in [-0.2, -0.15) is 0 Å². The monoisotopic (exact) mass is 559 g/mol. The van der Waals surface area contributed by atoms with Crippen molar-refractivity contribution in [2.45, 2.75) is 104 Å². The molecule has 0 saturated heterocycles. The molecule has 0 heterocycles. The highest BCUT2D eigenvalue weighted by atomic mass is 16.3. The van der Waals surface area contributed by atoms with Gasteiger partial charge in [0.1, 0.15) is 17.3 Å². The minimum Gasteiger partial charge on any atom is -0.508 e. The fourth-order valence-electron chi connectivity index (χ4n) is 4.72. The molecule has 0 fully saturated rings. The van der Waals surface area contributed by atoms with Gasteiger partial charge in [-0.05, 0) is 94.7 Å². The van der Waals surface area contributed by atoms with Crippen molar-refractivity contribution in [2.24, 2.45) is 29.0 Å². The molecule has 0 spiro atoms. The first kappa shape index (κ1) is 34.9. The SMILES string of the molecule is CC(=O)[C@H](C)CC(=O)[C@H](CCCCN)NC(=O)[C@@H](CC(=O)[C@H](N)CCCCC(=N)N)Cc1c(C)cc(O)cc1C. The second-order valence-electron chi connectivity index (χ2n) is 11.0. The molecule has 0 radical (unpaired) electrons. The van der Waals surface area contributed by atoms with E-state index in [1.54, 1.807) is 19.1 Å². The lowest BCUT2D eigenvalue weighted by Gasteiger charge is -2.24. The Balaban J connectivity index is 3.17. The number of rotatable bonds is 20. The van der Waals surface area contributed by atoms with Crippen LogP contribution in [0.5, 0.6) is 5.75 Å². The Hall–Kier alpha value is -3.11. The van der Waals surface area contributed by atoms with Gasteiger partial charge >= 0.3 is 0 Å². The molecule has 224 valence electrons. The molecule has 0 aliphatic heterocycles. The number of aromatic hydroxyl groups is 1. The number of hydrogen-bond acceptors (Lipinski definition) is 8. The van der Waals surface area contributed by atoms with E-state index in [1.807, 2.05) is 13.8 Å². The molecule has 9 N–H and O–H groups in total. The smallest absolute Gasteiger partial charge is 0.224 e. The van der Waals surface area contributed by atoms with Gasteiger partial charge in [-0.3, -0.25) is 24.6 Å². The maximum absolute atomic E-state index is 13.7. The van der Waals surface area contributed by atoms with Crippen LogP contribution in [0.15, 0.2) is 12.1 Å². The average Bonchev–Trinajstić information content (AvgIpc) is 2.86. The van der Waals surface area contributed by atoms with E-state index in [0.717, 1.165) is 16.7 Å². The Morgan fingerprint density at radius 3 is 2.12 bits per heavy atom. The first-order chi connectivity index (χ1) is 18.8. The highest BCUT2D eigenvalue weighted by Crippen LogP contribution is 2.25. The summed E-state index contributed by atoms with van der Waals surface area (Å²) < 4.78 is 0. The second-order valence-corrected chi connectivity index (χ2v) is 11.0. The van der Waals surface area contributed by atoms with E-state index in [4.69, 9.17) is 22.6 Å². The third-order valence-corrected chi connectivity index (χ3v) is 7.43. The van der Waals surface area contributed by atoms with Crippen LogP contribution in [0, 0.1) is 31.1 Å². The van der Waals surface area contributed by atoms with Crippen LogP contribution in [0.4, 0.5) is 0 Å². The highest BCUT2D eigenvalue weighted by Gasteiger charge is 2.30. The second kappa shape index (κ2) is 17.6. The summed E-state index contributed by atoms with van der Waals surface area (Å²) in [6.07, 6.45) is 4.00. The van der Waals surface area contributed by atoms with Crippen molar-refractivity contribution in [2.75, 3.05) is 6.54 Å². The predicted molar refractivity (Wildman–Crippen MR) is 157 cm³/mol. The van der Waals surface area contributed by atoms with Crippen molar-refractivity contribution >= 4 is 29.1 Å². The molecule has 1 rings (SSSR count). The Labute approximate surface area is 238 Å². The third kappa shape index (κ3) is 12.4. The van der Waals surface area contributed by atoms with Crippen LogP contribution in [0.3, 0.4) is 0 Å². The summed E-state index contributed by atoms with van der Waals surface area (Å²) in [6, 6.07) is 1.67. The molecule has 0 saturated carbocycles.